The molecule has 0 aliphatic heterocycles. The fourth-order valence-corrected chi connectivity index (χ4v) is 4.97. The van der Waals surface area contributed by atoms with Crippen LogP contribution >= 0.6 is 0 Å². The lowest BCUT2D eigenvalue weighted by Gasteiger charge is -2.25. The van der Waals surface area contributed by atoms with Crippen LogP contribution in [0.3, 0.4) is 0 Å². The third kappa shape index (κ3) is 3.06. The van der Waals surface area contributed by atoms with E-state index >= 15 is 0 Å². The minimum absolute atomic E-state index is 0.193. The average Bonchev–Trinajstić information content (AvgIpc) is 2.72. The second-order valence-electron chi connectivity index (χ2n) is 6.80. The molecule has 0 aromatic heterocycles. The zero-order valence-corrected chi connectivity index (χ0v) is 16.5. The normalized spacial score (nSPS) is 11.6. The van der Waals surface area contributed by atoms with Gasteiger partial charge in [-0.05, 0) is 41.3 Å². The molecule has 0 N–H and O–H groups in total. The van der Waals surface area contributed by atoms with E-state index in [4.69, 9.17) is 0 Å². The van der Waals surface area contributed by atoms with Crippen molar-refractivity contribution in [1.82, 2.24) is 0 Å². The second kappa shape index (κ2) is 7.13. The van der Waals surface area contributed by atoms with Crippen molar-refractivity contribution in [3.8, 4) is 0 Å². The van der Waals surface area contributed by atoms with E-state index in [0.29, 0.717) is 5.69 Å². The molecule has 0 amide bonds. The first kappa shape index (κ1) is 18.3. The van der Waals surface area contributed by atoms with E-state index in [1.807, 2.05) is 67.6 Å². The van der Waals surface area contributed by atoms with Gasteiger partial charge in [0.25, 0.3) is 10.0 Å². The monoisotopic (exact) mass is 387 g/mol. The SMILES string of the molecule is C=CCN(c1cc2ccccc2c2ccccc12)S(=O)(=O)c1ccc(C)cc1. The highest BCUT2D eigenvalue weighted by Crippen LogP contribution is 2.36. The maximum Gasteiger partial charge on any atom is 0.264 e. The van der Waals surface area contributed by atoms with Crippen LogP contribution in [0, 0.1) is 6.92 Å². The summed E-state index contributed by atoms with van der Waals surface area (Å²) in [5.41, 5.74) is 1.68. The predicted molar refractivity (Wildman–Crippen MR) is 117 cm³/mol. The van der Waals surface area contributed by atoms with Gasteiger partial charge in [0.2, 0.25) is 0 Å². The van der Waals surface area contributed by atoms with Gasteiger partial charge in [0.1, 0.15) is 0 Å². The molecule has 0 fully saturated rings. The third-order valence-corrected chi connectivity index (χ3v) is 6.71. The molecule has 0 unspecified atom stereocenters. The lowest BCUT2D eigenvalue weighted by molar-refractivity contribution is 0.593. The van der Waals surface area contributed by atoms with Crippen molar-refractivity contribution in [2.75, 3.05) is 10.8 Å². The van der Waals surface area contributed by atoms with Gasteiger partial charge in [-0.1, -0.05) is 72.3 Å². The number of hydrogen-bond donors (Lipinski definition) is 0. The van der Waals surface area contributed by atoms with E-state index in [9.17, 15) is 8.42 Å². The molecule has 28 heavy (non-hydrogen) atoms. The fraction of sp³-hybridized carbons (Fsp3) is 0.0833. The zero-order valence-electron chi connectivity index (χ0n) is 15.7. The quantitative estimate of drug-likeness (QED) is 0.326. The maximum absolute atomic E-state index is 13.5. The molecule has 0 radical (unpaired) electrons. The number of anilines is 1. The summed E-state index contributed by atoms with van der Waals surface area (Å²) in [5, 5.41) is 4.04. The van der Waals surface area contributed by atoms with Crippen LogP contribution in [0.1, 0.15) is 5.56 Å². The molecule has 3 nitrogen and oxygen atoms in total. The molecule has 4 rings (SSSR count). The first-order valence-corrected chi connectivity index (χ1v) is 10.6. The number of fused-ring (bicyclic) bond motifs is 3. The summed E-state index contributed by atoms with van der Waals surface area (Å²) >= 11 is 0. The summed E-state index contributed by atoms with van der Waals surface area (Å²) in [4.78, 5) is 0.275. The largest absolute Gasteiger partial charge is 0.264 e. The highest BCUT2D eigenvalue weighted by atomic mass is 32.2. The highest BCUT2D eigenvalue weighted by molar-refractivity contribution is 7.92. The van der Waals surface area contributed by atoms with Crippen molar-refractivity contribution in [3.05, 3.63) is 97.1 Å². The number of hydrogen-bond acceptors (Lipinski definition) is 2. The van der Waals surface area contributed by atoms with Crippen LogP contribution in [0.25, 0.3) is 21.5 Å². The molecular weight excluding hydrogens is 366 g/mol. The molecule has 0 aliphatic carbocycles. The van der Waals surface area contributed by atoms with Crippen molar-refractivity contribution < 1.29 is 8.42 Å². The minimum Gasteiger partial charge on any atom is -0.262 e. The molecule has 0 bridgehead atoms. The van der Waals surface area contributed by atoms with E-state index < -0.39 is 10.0 Å². The molecule has 140 valence electrons. The number of aryl methyl sites for hydroxylation is 1. The molecule has 4 heteroatoms. The summed E-state index contributed by atoms with van der Waals surface area (Å²) in [7, 11) is -3.73. The van der Waals surface area contributed by atoms with E-state index in [2.05, 4.69) is 12.6 Å². The standard InChI is InChI=1S/C24H21NO2S/c1-3-16-25(28(26,27)20-14-12-18(2)13-15-20)24-17-19-8-4-5-9-21(19)22-10-6-7-11-23(22)24/h3-15,17H,1,16H2,2H3. The Morgan fingerprint density at radius 2 is 1.46 bits per heavy atom. The van der Waals surface area contributed by atoms with Crippen LogP contribution in [0.5, 0.6) is 0 Å². The van der Waals surface area contributed by atoms with Gasteiger partial charge in [-0.3, -0.25) is 4.31 Å². The Bertz CT molecular complexity index is 1280. The van der Waals surface area contributed by atoms with Gasteiger partial charge in [0.05, 0.1) is 17.1 Å². The van der Waals surface area contributed by atoms with Crippen molar-refractivity contribution in [2.45, 2.75) is 11.8 Å². The maximum atomic E-state index is 13.5. The first-order valence-electron chi connectivity index (χ1n) is 9.13. The number of nitrogens with zero attached hydrogens (tertiary/aromatic N) is 1. The minimum atomic E-state index is -3.73. The Balaban J connectivity index is 2.01. The van der Waals surface area contributed by atoms with Crippen LogP contribution in [0.2, 0.25) is 0 Å². The van der Waals surface area contributed by atoms with E-state index in [1.165, 1.54) is 4.31 Å². The molecule has 4 aromatic carbocycles. The Morgan fingerprint density at radius 3 is 2.14 bits per heavy atom. The molecule has 0 saturated carbocycles. The number of sulfonamides is 1. The molecule has 0 aliphatic rings. The Labute approximate surface area is 165 Å². The van der Waals surface area contributed by atoms with Crippen molar-refractivity contribution in [3.63, 3.8) is 0 Å². The smallest absolute Gasteiger partial charge is 0.262 e. The lowest BCUT2D eigenvalue weighted by atomic mass is 10.0. The van der Waals surface area contributed by atoms with Crippen LogP contribution in [0.4, 0.5) is 5.69 Å². The zero-order chi connectivity index (χ0) is 19.7. The Hall–Kier alpha value is -3.11. The Morgan fingerprint density at radius 1 is 0.857 bits per heavy atom. The van der Waals surface area contributed by atoms with Crippen molar-refractivity contribution in [2.24, 2.45) is 0 Å². The van der Waals surface area contributed by atoms with Gasteiger partial charge < -0.3 is 0 Å². The molecule has 4 aromatic rings. The van der Waals surface area contributed by atoms with Crippen LogP contribution in [-0.4, -0.2) is 15.0 Å². The van der Waals surface area contributed by atoms with Gasteiger partial charge in [0, 0.05) is 5.39 Å². The van der Waals surface area contributed by atoms with Gasteiger partial charge in [-0.25, -0.2) is 8.42 Å². The molecule has 0 heterocycles. The summed E-state index contributed by atoms with van der Waals surface area (Å²) in [6.07, 6.45) is 1.62. The number of rotatable bonds is 5. The van der Waals surface area contributed by atoms with Gasteiger partial charge in [0.15, 0.2) is 0 Å². The predicted octanol–water partition coefficient (Wildman–Crippen LogP) is 5.68. The summed E-state index contributed by atoms with van der Waals surface area (Å²) in [6, 6.07) is 24.9. The Kier molecular flexibility index (Phi) is 4.65. The number of benzene rings is 4. The van der Waals surface area contributed by atoms with Gasteiger partial charge in [-0.15, -0.1) is 6.58 Å². The van der Waals surface area contributed by atoms with Crippen LogP contribution in [0.15, 0.2) is 96.4 Å². The molecule has 0 spiro atoms. The topological polar surface area (TPSA) is 37.4 Å². The molecular formula is C24H21NO2S. The lowest BCUT2D eigenvalue weighted by Crippen LogP contribution is -2.31. The summed E-state index contributed by atoms with van der Waals surface area (Å²) in [6.45, 7) is 5.92. The fourth-order valence-electron chi connectivity index (χ4n) is 3.52. The van der Waals surface area contributed by atoms with E-state index in [1.54, 1.807) is 18.2 Å². The van der Waals surface area contributed by atoms with Gasteiger partial charge in [-0.2, -0.15) is 0 Å². The van der Waals surface area contributed by atoms with Gasteiger partial charge >= 0.3 is 0 Å². The molecule has 0 atom stereocenters. The third-order valence-electron chi connectivity index (χ3n) is 4.92. The summed E-state index contributed by atoms with van der Waals surface area (Å²) in [5.74, 6) is 0. The summed E-state index contributed by atoms with van der Waals surface area (Å²) < 4.78 is 28.4. The van der Waals surface area contributed by atoms with Crippen LogP contribution in [-0.2, 0) is 10.0 Å². The molecule has 0 saturated heterocycles. The van der Waals surface area contributed by atoms with Crippen molar-refractivity contribution >= 4 is 37.3 Å². The second-order valence-corrected chi connectivity index (χ2v) is 8.66. The average molecular weight is 388 g/mol. The highest BCUT2D eigenvalue weighted by Gasteiger charge is 2.26. The van der Waals surface area contributed by atoms with E-state index in [-0.39, 0.29) is 11.4 Å². The first-order chi connectivity index (χ1) is 13.5. The van der Waals surface area contributed by atoms with Crippen molar-refractivity contribution in [1.29, 1.82) is 0 Å². The van der Waals surface area contributed by atoms with Crippen LogP contribution < -0.4 is 4.31 Å². The van der Waals surface area contributed by atoms with E-state index in [0.717, 1.165) is 27.1 Å².